The van der Waals surface area contributed by atoms with Gasteiger partial charge in [-0.15, -0.1) is 0 Å². The molecule has 0 saturated heterocycles. The molecule has 0 aliphatic rings. The van der Waals surface area contributed by atoms with E-state index in [2.05, 4.69) is 11.3 Å². The third kappa shape index (κ3) is 5.91. The van der Waals surface area contributed by atoms with Gasteiger partial charge >= 0.3 is 5.97 Å². The molecule has 0 bridgehead atoms. The van der Waals surface area contributed by atoms with Crippen LogP contribution in [0.1, 0.15) is 13.8 Å². The SMILES string of the molecule is C=C(C)C(=O)OC(Cl)(Cl)COCC. The number of halogens is 2. The standard InChI is InChI=1S/C8H12Cl2O3/c1-4-12-5-8(9,10)13-7(11)6(2)3/h2,4-5H2,1,3H3. The van der Waals surface area contributed by atoms with E-state index in [4.69, 9.17) is 27.9 Å². The molecule has 0 aromatic heterocycles. The summed E-state index contributed by atoms with van der Waals surface area (Å²) in [7, 11) is 0. The Hall–Kier alpha value is -0.250. The number of carbonyl (C=O) groups is 1. The predicted octanol–water partition coefficient (Wildman–Crippen LogP) is 2.27. The Kier molecular flexibility index (Phi) is 5.37. The van der Waals surface area contributed by atoms with Crippen LogP contribution in [0.5, 0.6) is 0 Å². The Labute approximate surface area is 87.6 Å². The van der Waals surface area contributed by atoms with Crippen molar-refractivity contribution >= 4 is 29.2 Å². The summed E-state index contributed by atoms with van der Waals surface area (Å²) >= 11 is 11.2. The summed E-state index contributed by atoms with van der Waals surface area (Å²) in [6, 6.07) is 0. The fraction of sp³-hybridized carbons (Fsp3) is 0.625. The lowest BCUT2D eigenvalue weighted by atomic mass is 10.4. The Morgan fingerprint density at radius 1 is 1.54 bits per heavy atom. The number of ether oxygens (including phenoxy) is 2. The average molecular weight is 227 g/mol. The Morgan fingerprint density at radius 2 is 2.08 bits per heavy atom. The van der Waals surface area contributed by atoms with E-state index in [1.54, 1.807) is 6.92 Å². The zero-order valence-corrected chi connectivity index (χ0v) is 9.11. The molecule has 0 amide bonds. The molecule has 0 atom stereocenters. The van der Waals surface area contributed by atoms with Gasteiger partial charge in [0.2, 0.25) is 0 Å². The van der Waals surface area contributed by atoms with Crippen LogP contribution in [0.25, 0.3) is 0 Å². The Bertz CT molecular complexity index is 202. The van der Waals surface area contributed by atoms with E-state index in [1.807, 2.05) is 0 Å². The fourth-order valence-electron chi connectivity index (χ4n) is 0.473. The molecule has 0 aromatic rings. The lowest BCUT2D eigenvalue weighted by molar-refractivity contribution is -0.145. The Morgan fingerprint density at radius 3 is 2.46 bits per heavy atom. The molecule has 0 heterocycles. The third-order valence-electron chi connectivity index (χ3n) is 1.06. The largest absolute Gasteiger partial charge is 0.423 e. The number of hydrogen-bond acceptors (Lipinski definition) is 3. The normalized spacial score (nSPS) is 11.1. The van der Waals surface area contributed by atoms with Gasteiger partial charge in [0.25, 0.3) is 4.52 Å². The first-order valence-electron chi connectivity index (χ1n) is 3.73. The van der Waals surface area contributed by atoms with E-state index >= 15 is 0 Å². The number of rotatable bonds is 5. The van der Waals surface area contributed by atoms with Crippen LogP contribution in [-0.4, -0.2) is 23.7 Å². The summed E-state index contributed by atoms with van der Waals surface area (Å²) in [6.45, 7) is 7.06. The highest BCUT2D eigenvalue weighted by molar-refractivity contribution is 6.47. The highest BCUT2D eigenvalue weighted by atomic mass is 35.5. The molecule has 0 fully saturated rings. The van der Waals surface area contributed by atoms with E-state index in [0.29, 0.717) is 6.61 Å². The lowest BCUT2D eigenvalue weighted by Crippen LogP contribution is -2.28. The van der Waals surface area contributed by atoms with Crippen molar-refractivity contribution < 1.29 is 14.3 Å². The number of alkyl halides is 2. The summed E-state index contributed by atoms with van der Waals surface area (Å²) in [5.41, 5.74) is 0.238. The minimum Gasteiger partial charge on any atom is -0.423 e. The van der Waals surface area contributed by atoms with Gasteiger partial charge in [0.15, 0.2) is 0 Å². The molecular weight excluding hydrogens is 215 g/mol. The second-order valence-electron chi connectivity index (χ2n) is 2.44. The predicted molar refractivity (Wildman–Crippen MR) is 51.8 cm³/mol. The topological polar surface area (TPSA) is 35.5 Å². The monoisotopic (exact) mass is 226 g/mol. The lowest BCUT2D eigenvalue weighted by Gasteiger charge is -2.19. The van der Waals surface area contributed by atoms with Gasteiger partial charge < -0.3 is 9.47 Å². The smallest absolute Gasteiger partial charge is 0.335 e. The van der Waals surface area contributed by atoms with E-state index < -0.39 is 10.5 Å². The van der Waals surface area contributed by atoms with Crippen LogP contribution in [0.2, 0.25) is 0 Å². The maximum atomic E-state index is 11.0. The number of carbonyl (C=O) groups excluding carboxylic acids is 1. The summed E-state index contributed by atoms with van der Waals surface area (Å²) in [5, 5.41) is 0. The van der Waals surface area contributed by atoms with Crippen LogP contribution in [0.3, 0.4) is 0 Å². The van der Waals surface area contributed by atoms with Gasteiger partial charge in [-0.3, -0.25) is 0 Å². The van der Waals surface area contributed by atoms with Crippen molar-refractivity contribution in [2.45, 2.75) is 18.4 Å². The average Bonchev–Trinajstić information content (AvgIpc) is 2.00. The van der Waals surface area contributed by atoms with Crippen molar-refractivity contribution in [1.82, 2.24) is 0 Å². The van der Waals surface area contributed by atoms with Crippen LogP contribution >= 0.6 is 23.2 Å². The first kappa shape index (κ1) is 12.8. The second kappa shape index (κ2) is 5.47. The zero-order valence-electron chi connectivity index (χ0n) is 7.60. The molecule has 76 valence electrons. The molecule has 13 heavy (non-hydrogen) atoms. The van der Waals surface area contributed by atoms with Crippen LogP contribution in [0, 0.1) is 0 Å². The van der Waals surface area contributed by atoms with E-state index in [1.165, 1.54) is 6.92 Å². The van der Waals surface area contributed by atoms with Crippen molar-refractivity contribution in [1.29, 1.82) is 0 Å². The van der Waals surface area contributed by atoms with Crippen LogP contribution in [-0.2, 0) is 14.3 Å². The molecule has 0 spiro atoms. The zero-order chi connectivity index (χ0) is 10.5. The quantitative estimate of drug-likeness (QED) is 0.410. The van der Waals surface area contributed by atoms with E-state index in [9.17, 15) is 4.79 Å². The maximum absolute atomic E-state index is 11.0. The van der Waals surface area contributed by atoms with E-state index in [-0.39, 0.29) is 12.2 Å². The highest BCUT2D eigenvalue weighted by Gasteiger charge is 2.29. The second-order valence-corrected chi connectivity index (χ2v) is 3.86. The Balaban J connectivity index is 4.00. The van der Waals surface area contributed by atoms with Crippen LogP contribution in [0.4, 0.5) is 0 Å². The van der Waals surface area contributed by atoms with Gasteiger partial charge in [0.1, 0.15) is 6.61 Å². The van der Waals surface area contributed by atoms with Gasteiger partial charge in [-0.2, -0.15) is 0 Å². The summed E-state index contributed by atoms with van der Waals surface area (Å²) in [6.07, 6.45) is 0. The van der Waals surface area contributed by atoms with Crippen LogP contribution in [0.15, 0.2) is 12.2 Å². The number of esters is 1. The minimum atomic E-state index is -1.63. The maximum Gasteiger partial charge on any atom is 0.335 e. The van der Waals surface area contributed by atoms with Gasteiger partial charge in [-0.25, -0.2) is 4.79 Å². The summed E-state index contributed by atoms with van der Waals surface area (Å²) < 4.78 is 7.94. The van der Waals surface area contributed by atoms with Crippen molar-refractivity contribution in [3.8, 4) is 0 Å². The third-order valence-corrected chi connectivity index (χ3v) is 1.44. The summed E-state index contributed by atoms with van der Waals surface area (Å²) in [5.74, 6) is -0.635. The highest BCUT2D eigenvalue weighted by Crippen LogP contribution is 2.24. The van der Waals surface area contributed by atoms with Gasteiger partial charge in [-0.1, -0.05) is 29.8 Å². The first-order chi connectivity index (χ1) is 5.89. The molecule has 0 N–H and O–H groups in total. The van der Waals surface area contributed by atoms with Crippen molar-refractivity contribution in [3.63, 3.8) is 0 Å². The molecule has 3 nitrogen and oxygen atoms in total. The van der Waals surface area contributed by atoms with Crippen molar-refractivity contribution in [2.75, 3.05) is 13.2 Å². The molecule has 0 saturated carbocycles. The molecule has 0 radical (unpaired) electrons. The molecule has 0 aromatic carbocycles. The molecule has 0 rings (SSSR count). The molecule has 0 aliphatic carbocycles. The van der Waals surface area contributed by atoms with Gasteiger partial charge in [-0.05, 0) is 13.8 Å². The van der Waals surface area contributed by atoms with Crippen molar-refractivity contribution in [2.24, 2.45) is 0 Å². The van der Waals surface area contributed by atoms with Gasteiger partial charge in [0, 0.05) is 12.2 Å². The number of hydrogen-bond donors (Lipinski definition) is 0. The van der Waals surface area contributed by atoms with E-state index in [0.717, 1.165) is 0 Å². The molecule has 0 aliphatic heterocycles. The molecule has 0 unspecified atom stereocenters. The molecule has 5 heteroatoms. The first-order valence-corrected chi connectivity index (χ1v) is 4.49. The fourth-order valence-corrected chi connectivity index (χ4v) is 0.768. The van der Waals surface area contributed by atoms with Gasteiger partial charge in [0.05, 0.1) is 0 Å². The molecular formula is C8H12Cl2O3. The van der Waals surface area contributed by atoms with Crippen molar-refractivity contribution in [3.05, 3.63) is 12.2 Å². The summed E-state index contributed by atoms with van der Waals surface area (Å²) in [4.78, 5) is 11.0. The van der Waals surface area contributed by atoms with Crippen LogP contribution < -0.4 is 0 Å². The minimum absolute atomic E-state index is 0.0639.